The second kappa shape index (κ2) is 5.75. The molecule has 1 aromatic heterocycles. The monoisotopic (exact) mass is 292 g/mol. The molecule has 17 heavy (non-hydrogen) atoms. The maximum atomic E-state index is 5.48. The van der Waals surface area contributed by atoms with Crippen molar-refractivity contribution >= 4 is 27.4 Å². The highest BCUT2D eigenvalue weighted by molar-refractivity contribution is 9.10. The Balaban J connectivity index is 2.15. The molecule has 0 atom stereocenters. The van der Waals surface area contributed by atoms with Crippen molar-refractivity contribution in [2.75, 3.05) is 11.9 Å². The minimum Gasteiger partial charge on any atom is -0.340 e. The summed E-state index contributed by atoms with van der Waals surface area (Å²) in [6.07, 6.45) is 2.42. The lowest BCUT2D eigenvalue weighted by Crippen LogP contribution is -2.07. The summed E-state index contributed by atoms with van der Waals surface area (Å²) in [4.78, 5) is 8.52. The smallest absolute Gasteiger partial charge is 0.134 e. The normalized spacial score (nSPS) is 10.2. The van der Waals surface area contributed by atoms with Gasteiger partial charge >= 0.3 is 0 Å². The van der Waals surface area contributed by atoms with Gasteiger partial charge in [-0.1, -0.05) is 22.0 Å². The summed E-state index contributed by atoms with van der Waals surface area (Å²) in [5.41, 5.74) is 6.46. The molecule has 0 fully saturated rings. The molecule has 0 radical (unpaired) electrons. The van der Waals surface area contributed by atoms with Gasteiger partial charge in [-0.05, 0) is 30.8 Å². The van der Waals surface area contributed by atoms with Crippen LogP contribution in [0.3, 0.4) is 0 Å². The number of rotatable bonds is 4. The van der Waals surface area contributed by atoms with Crippen molar-refractivity contribution in [1.29, 1.82) is 0 Å². The number of benzene rings is 1. The lowest BCUT2D eigenvalue weighted by molar-refractivity contribution is 0.870. The average molecular weight is 293 g/mol. The molecule has 2 rings (SSSR count). The van der Waals surface area contributed by atoms with Gasteiger partial charge in [-0.25, -0.2) is 9.97 Å². The molecule has 0 saturated heterocycles. The Labute approximate surface area is 108 Å². The second-order valence-electron chi connectivity index (χ2n) is 3.53. The highest BCUT2D eigenvalue weighted by atomic mass is 79.9. The van der Waals surface area contributed by atoms with Crippen LogP contribution in [-0.4, -0.2) is 16.5 Å². The van der Waals surface area contributed by atoms with Crippen LogP contribution < -0.4 is 11.1 Å². The number of aromatic nitrogens is 2. The summed E-state index contributed by atoms with van der Waals surface area (Å²) < 4.78 is 1.03. The van der Waals surface area contributed by atoms with Gasteiger partial charge in [0.2, 0.25) is 0 Å². The molecular weight excluding hydrogens is 280 g/mol. The number of hydrogen-bond acceptors (Lipinski definition) is 4. The van der Waals surface area contributed by atoms with Crippen LogP contribution in [0, 0.1) is 0 Å². The molecular formula is C12H13BrN4. The predicted molar refractivity (Wildman–Crippen MR) is 72.2 cm³/mol. The Bertz CT molecular complexity index is 501. The molecule has 3 N–H and O–H groups in total. The Hall–Kier alpha value is -1.46. The maximum absolute atomic E-state index is 5.48. The molecule has 0 unspecified atom stereocenters. The van der Waals surface area contributed by atoms with Gasteiger partial charge in [-0.15, -0.1) is 0 Å². The van der Waals surface area contributed by atoms with E-state index in [1.807, 2.05) is 30.3 Å². The fraction of sp³-hybridized carbons (Fsp3) is 0.167. The molecule has 2 aromatic rings. The molecule has 0 saturated carbocycles. The summed E-state index contributed by atoms with van der Waals surface area (Å²) in [7, 11) is 0. The fourth-order valence-corrected chi connectivity index (χ4v) is 1.83. The summed E-state index contributed by atoms with van der Waals surface area (Å²) in [5.74, 6) is 1.54. The molecule has 0 aliphatic carbocycles. The van der Waals surface area contributed by atoms with Crippen molar-refractivity contribution in [2.45, 2.75) is 6.42 Å². The molecule has 0 bridgehead atoms. The quantitative estimate of drug-likeness (QED) is 0.909. The minimum atomic E-state index is 0.556. The lowest BCUT2D eigenvalue weighted by Gasteiger charge is -2.06. The summed E-state index contributed by atoms with van der Waals surface area (Å²) in [6, 6.07) is 9.75. The summed E-state index contributed by atoms with van der Waals surface area (Å²) in [5, 5.41) is 3.22. The van der Waals surface area contributed by atoms with Crippen LogP contribution in [0.4, 0.5) is 11.5 Å². The van der Waals surface area contributed by atoms with Crippen molar-refractivity contribution in [2.24, 2.45) is 5.73 Å². The van der Waals surface area contributed by atoms with E-state index in [1.54, 1.807) is 6.20 Å². The molecule has 0 amide bonds. The molecule has 88 valence electrons. The first-order valence-corrected chi connectivity index (χ1v) is 6.12. The van der Waals surface area contributed by atoms with Gasteiger partial charge in [0.1, 0.15) is 11.6 Å². The summed E-state index contributed by atoms with van der Waals surface area (Å²) in [6.45, 7) is 0.556. The lowest BCUT2D eigenvalue weighted by atomic mass is 10.3. The maximum Gasteiger partial charge on any atom is 0.134 e. The van der Waals surface area contributed by atoms with E-state index < -0.39 is 0 Å². The van der Waals surface area contributed by atoms with Gasteiger partial charge in [-0.2, -0.15) is 0 Å². The van der Waals surface area contributed by atoms with E-state index >= 15 is 0 Å². The van der Waals surface area contributed by atoms with Crippen LogP contribution in [0.25, 0.3) is 0 Å². The molecule has 0 spiro atoms. The van der Waals surface area contributed by atoms with Gasteiger partial charge in [-0.3, -0.25) is 0 Å². The van der Waals surface area contributed by atoms with Crippen molar-refractivity contribution in [3.63, 3.8) is 0 Å². The van der Waals surface area contributed by atoms with Crippen LogP contribution >= 0.6 is 15.9 Å². The summed E-state index contributed by atoms with van der Waals surface area (Å²) >= 11 is 3.43. The molecule has 0 aliphatic rings. The number of nitrogens with one attached hydrogen (secondary N) is 1. The van der Waals surface area contributed by atoms with Gasteiger partial charge in [0.05, 0.1) is 0 Å². The second-order valence-corrected chi connectivity index (χ2v) is 4.45. The van der Waals surface area contributed by atoms with Crippen LogP contribution in [0.5, 0.6) is 0 Å². The van der Waals surface area contributed by atoms with E-state index in [9.17, 15) is 0 Å². The Morgan fingerprint density at radius 3 is 2.94 bits per heavy atom. The van der Waals surface area contributed by atoms with Crippen molar-refractivity contribution < 1.29 is 0 Å². The SMILES string of the molecule is NCCc1nccc(Nc2cccc(Br)c2)n1. The van der Waals surface area contributed by atoms with Crippen LogP contribution in [0.1, 0.15) is 5.82 Å². The average Bonchev–Trinajstić information content (AvgIpc) is 2.30. The fourth-order valence-electron chi connectivity index (χ4n) is 1.43. The Kier molecular flexibility index (Phi) is 4.06. The third-order valence-corrected chi connectivity index (χ3v) is 2.66. The third-order valence-electron chi connectivity index (χ3n) is 2.17. The van der Waals surface area contributed by atoms with E-state index in [0.29, 0.717) is 13.0 Å². The topological polar surface area (TPSA) is 63.8 Å². The van der Waals surface area contributed by atoms with E-state index in [2.05, 4.69) is 31.2 Å². The largest absolute Gasteiger partial charge is 0.340 e. The predicted octanol–water partition coefficient (Wildman–Crippen LogP) is 2.48. The van der Waals surface area contributed by atoms with Crippen LogP contribution in [0.15, 0.2) is 41.0 Å². The molecule has 1 heterocycles. The van der Waals surface area contributed by atoms with Gasteiger partial charge in [0.25, 0.3) is 0 Å². The van der Waals surface area contributed by atoms with Gasteiger partial charge < -0.3 is 11.1 Å². The first-order chi connectivity index (χ1) is 8.28. The number of nitrogens with zero attached hydrogens (tertiary/aromatic N) is 2. The van der Waals surface area contributed by atoms with Crippen molar-refractivity contribution in [3.8, 4) is 0 Å². The molecule has 5 heteroatoms. The highest BCUT2D eigenvalue weighted by Gasteiger charge is 1.99. The third kappa shape index (κ3) is 3.51. The number of anilines is 2. The number of halogens is 1. The Morgan fingerprint density at radius 1 is 1.29 bits per heavy atom. The first-order valence-electron chi connectivity index (χ1n) is 5.32. The van der Waals surface area contributed by atoms with Gasteiger partial charge in [0.15, 0.2) is 0 Å². The zero-order chi connectivity index (χ0) is 12.1. The first kappa shape index (κ1) is 12.0. The van der Waals surface area contributed by atoms with Crippen molar-refractivity contribution in [3.05, 3.63) is 46.8 Å². The van der Waals surface area contributed by atoms with Crippen molar-refractivity contribution in [1.82, 2.24) is 9.97 Å². The highest BCUT2D eigenvalue weighted by Crippen LogP contribution is 2.18. The Morgan fingerprint density at radius 2 is 2.18 bits per heavy atom. The van der Waals surface area contributed by atoms with Crippen LogP contribution in [-0.2, 0) is 6.42 Å². The minimum absolute atomic E-state index is 0.556. The van der Waals surface area contributed by atoms with Gasteiger partial charge in [0, 0.05) is 22.8 Å². The zero-order valence-electron chi connectivity index (χ0n) is 9.23. The van der Waals surface area contributed by atoms with E-state index in [1.165, 1.54) is 0 Å². The van der Waals surface area contributed by atoms with E-state index in [4.69, 9.17) is 5.73 Å². The number of nitrogens with two attached hydrogens (primary N) is 1. The van der Waals surface area contributed by atoms with E-state index in [-0.39, 0.29) is 0 Å². The molecule has 4 nitrogen and oxygen atoms in total. The van der Waals surface area contributed by atoms with E-state index in [0.717, 1.165) is 21.8 Å². The van der Waals surface area contributed by atoms with Crippen LogP contribution in [0.2, 0.25) is 0 Å². The zero-order valence-corrected chi connectivity index (χ0v) is 10.8. The molecule has 1 aromatic carbocycles. The molecule has 0 aliphatic heterocycles. The standard InChI is InChI=1S/C12H13BrN4/c13-9-2-1-3-10(8-9)16-12-5-7-15-11(17-12)4-6-14/h1-3,5,7-8H,4,6,14H2,(H,15,16,17). The number of hydrogen-bond donors (Lipinski definition) is 2.